The quantitative estimate of drug-likeness (QED) is 0.0154. The Labute approximate surface area is 338 Å². The first-order valence-electron chi connectivity index (χ1n) is 21.0. The number of carbonyl (C=O) groups is 2. The second kappa shape index (κ2) is 39.2. The zero-order chi connectivity index (χ0) is 41.4. The largest absolute Gasteiger partial charge is 0.472 e. The molecule has 0 fully saturated rings. The maximum atomic E-state index is 12.6. The summed E-state index contributed by atoms with van der Waals surface area (Å²) in [6.07, 6.45) is 40.5. The average molecular weight is 811 g/mol. The van der Waals surface area contributed by atoms with E-state index >= 15 is 0 Å². The highest BCUT2D eigenvalue weighted by Crippen LogP contribution is 2.43. The highest BCUT2D eigenvalue weighted by molar-refractivity contribution is 7.47. The van der Waals surface area contributed by atoms with Crippen LogP contribution in [0.3, 0.4) is 0 Å². The van der Waals surface area contributed by atoms with Gasteiger partial charge in [-0.25, -0.2) is 4.57 Å². The maximum absolute atomic E-state index is 12.6. The number of hydrogen-bond acceptors (Lipinski definition) is 10. The van der Waals surface area contributed by atoms with Crippen molar-refractivity contribution in [2.24, 2.45) is 0 Å². The van der Waals surface area contributed by atoms with E-state index in [0.29, 0.717) is 19.3 Å². The Bertz CT molecular complexity index is 1180. The van der Waals surface area contributed by atoms with Crippen molar-refractivity contribution in [1.82, 2.24) is 0 Å². The molecule has 12 heteroatoms. The summed E-state index contributed by atoms with van der Waals surface area (Å²) in [6, 6.07) is 0. The highest BCUT2D eigenvalue weighted by atomic mass is 31.2. The summed E-state index contributed by atoms with van der Waals surface area (Å²) in [5.74, 6) is -1.01. The minimum absolute atomic E-state index is 0.129. The fourth-order valence-electron chi connectivity index (χ4n) is 5.15. The first-order valence-corrected chi connectivity index (χ1v) is 22.5. The number of carbonyl (C=O) groups excluding carboxylic acids is 2. The number of phosphoric acid groups is 1. The summed E-state index contributed by atoms with van der Waals surface area (Å²) in [6.45, 7) is 2.05. The lowest BCUT2D eigenvalue weighted by molar-refractivity contribution is -0.161. The number of aliphatic hydroxyl groups is 3. The predicted molar refractivity (Wildman–Crippen MR) is 225 cm³/mol. The summed E-state index contributed by atoms with van der Waals surface area (Å²) >= 11 is 0. The van der Waals surface area contributed by atoms with Gasteiger partial charge in [-0.1, -0.05) is 132 Å². The molecular formula is C44H75O11P. The Hall–Kier alpha value is -2.63. The number of hydrogen-bond donors (Lipinski definition) is 4. The van der Waals surface area contributed by atoms with Gasteiger partial charge < -0.3 is 29.7 Å². The van der Waals surface area contributed by atoms with Crippen molar-refractivity contribution in [2.75, 3.05) is 26.4 Å². The predicted octanol–water partition coefficient (Wildman–Crippen LogP) is 9.86. The van der Waals surface area contributed by atoms with E-state index in [1.54, 1.807) is 6.08 Å². The van der Waals surface area contributed by atoms with Gasteiger partial charge in [0.1, 0.15) is 12.7 Å². The standard InChI is InChI=1S/C44H75O11P/c1-3-5-7-8-9-10-11-12-13-14-15-16-17-20-23-26-30-34-43(48)52-38-42(39-54-56(50,51)53-37-41(47)36-45)55-44(49)35-31-27-24-21-18-19-22-25-29-33-40(46)32-28-6-4-2/h6,9-10,12-13,15-16,22,25,28-29,33,40-42,45-47H,3-5,7-8,11,14,17-21,23-24,26-27,30-32,34-39H2,1-2H3,(H,50,51)/b10-9-,13-12-,16-15-,25-22+,28-6+,33-29+/t40?,41-,42+/m0/s1. The van der Waals surface area contributed by atoms with Crippen LogP contribution in [0.5, 0.6) is 0 Å². The Morgan fingerprint density at radius 1 is 0.625 bits per heavy atom. The van der Waals surface area contributed by atoms with Gasteiger partial charge in [-0.05, 0) is 77.0 Å². The second-order valence-corrected chi connectivity index (χ2v) is 15.3. The molecule has 11 nitrogen and oxygen atoms in total. The molecule has 322 valence electrons. The van der Waals surface area contributed by atoms with Crippen LogP contribution in [0.1, 0.15) is 149 Å². The summed E-state index contributed by atoms with van der Waals surface area (Å²) in [5, 5.41) is 28.2. The fraction of sp³-hybridized carbons (Fsp3) is 0.682. The molecule has 0 saturated heterocycles. The third-order valence-electron chi connectivity index (χ3n) is 8.43. The van der Waals surface area contributed by atoms with E-state index in [4.69, 9.17) is 19.1 Å². The smallest absolute Gasteiger partial charge is 0.462 e. The number of ether oxygens (including phenoxy) is 2. The zero-order valence-corrected chi connectivity index (χ0v) is 35.3. The molecule has 0 aliphatic carbocycles. The van der Waals surface area contributed by atoms with Crippen LogP contribution in [-0.2, 0) is 32.7 Å². The van der Waals surface area contributed by atoms with Crippen molar-refractivity contribution in [2.45, 2.75) is 167 Å². The third-order valence-corrected chi connectivity index (χ3v) is 9.38. The minimum Gasteiger partial charge on any atom is -0.462 e. The topological polar surface area (TPSA) is 169 Å². The van der Waals surface area contributed by atoms with Gasteiger partial charge in [0.05, 0.1) is 25.9 Å². The van der Waals surface area contributed by atoms with Gasteiger partial charge in [0.15, 0.2) is 6.10 Å². The van der Waals surface area contributed by atoms with Gasteiger partial charge in [0.25, 0.3) is 0 Å². The van der Waals surface area contributed by atoms with E-state index in [9.17, 15) is 29.3 Å². The average Bonchev–Trinajstić information content (AvgIpc) is 3.18. The molecule has 0 radical (unpaired) electrons. The van der Waals surface area contributed by atoms with Crippen molar-refractivity contribution in [1.29, 1.82) is 0 Å². The molecule has 0 amide bonds. The van der Waals surface area contributed by atoms with Crippen molar-refractivity contribution in [3.8, 4) is 0 Å². The van der Waals surface area contributed by atoms with Crippen LogP contribution in [0, 0.1) is 0 Å². The van der Waals surface area contributed by atoms with Crippen LogP contribution in [0.15, 0.2) is 72.9 Å². The van der Waals surface area contributed by atoms with Crippen LogP contribution in [0.25, 0.3) is 0 Å². The van der Waals surface area contributed by atoms with Gasteiger partial charge in [0, 0.05) is 12.8 Å². The highest BCUT2D eigenvalue weighted by Gasteiger charge is 2.27. The molecule has 2 unspecified atom stereocenters. The second-order valence-electron chi connectivity index (χ2n) is 13.8. The van der Waals surface area contributed by atoms with E-state index in [1.807, 2.05) is 24.3 Å². The van der Waals surface area contributed by atoms with Crippen molar-refractivity contribution >= 4 is 19.8 Å². The van der Waals surface area contributed by atoms with E-state index in [0.717, 1.165) is 83.5 Å². The van der Waals surface area contributed by atoms with E-state index < -0.39 is 57.9 Å². The van der Waals surface area contributed by atoms with Crippen molar-refractivity contribution in [3.05, 3.63) is 72.9 Å². The van der Waals surface area contributed by atoms with Gasteiger partial charge in [-0.15, -0.1) is 0 Å². The third kappa shape index (κ3) is 38.3. The van der Waals surface area contributed by atoms with Crippen LogP contribution in [-0.4, -0.2) is 76.9 Å². The number of aliphatic hydroxyl groups excluding tert-OH is 3. The summed E-state index contributed by atoms with van der Waals surface area (Å²) < 4.78 is 32.6. The normalized spacial score (nSPS) is 15.2. The molecule has 56 heavy (non-hydrogen) atoms. The molecule has 0 aromatic carbocycles. The minimum atomic E-state index is -4.64. The fourth-order valence-corrected chi connectivity index (χ4v) is 5.94. The number of esters is 2. The lowest BCUT2D eigenvalue weighted by Crippen LogP contribution is -2.29. The Morgan fingerprint density at radius 3 is 1.80 bits per heavy atom. The monoisotopic (exact) mass is 811 g/mol. The van der Waals surface area contributed by atoms with E-state index in [-0.39, 0.29) is 19.4 Å². The molecule has 0 aliphatic heterocycles. The van der Waals surface area contributed by atoms with Crippen LogP contribution in [0.4, 0.5) is 0 Å². The van der Waals surface area contributed by atoms with E-state index in [1.165, 1.54) is 19.3 Å². The first-order chi connectivity index (χ1) is 27.1. The Kier molecular flexibility index (Phi) is 37.4. The lowest BCUT2D eigenvalue weighted by Gasteiger charge is -2.20. The number of unbranched alkanes of at least 4 members (excludes halogenated alkanes) is 12. The molecule has 0 saturated carbocycles. The van der Waals surface area contributed by atoms with Gasteiger partial charge >= 0.3 is 19.8 Å². The lowest BCUT2D eigenvalue weighted by atomic mass is 10.1. The molecule has 4 atom stereocenters. The van der Waals surface area contributed by atoms with Gasteiger partial charge in [-0.3, -0.25) is 18.6 Å². The Balaban J connectivity index is 4.44. The summed E-state index contributed by atoms with van der Waals surface area (Å²) in [7, 11) is -4.64. The summed E-state index contributed by atoms with van der Waals surface area (Å²) in [4.78, 5) is 35.0. The van der Waals surface area contributed by atoms with Crippen molar-refractivity contribution < 1.29 is 52.9 Å². The molecule has 0 spiro atoms. The molecule has 0 rings (SSSR count). The molecule has 0 heterocycles. The SMILES string of the molecule is CC/C=C/CC(O)/C=C/C=C/CCCCCCCC(=O)O[C@H](COC(=O)CCCCCC/C=C\C/C=C\C/C=C\CCCCC)COP(=O)(O)OC[C@@H](O)CO. The number of rotatable bonds is 38. The van der Waals surface area contributed by atoms with E-state index in [2.05, 4.69) is 60.9 Å². The summed E-state index contributed by atoms with van der Waals surface area (Å²) in [5.41, 5.74) is 0. The van der Waals surface area contributed by atoms with Crippen LogP contribution >= 0.6 is 7.82 Å². The van der Waals surface area contributed by atoms with Crippen LogP contribution in [0.2, 0.25) is 0 Å². The first kappa shape index (κ1) is 53.4. The maximum Gasteiger partial charge on any atom is 0.472 e. The van der Waals surface area contributed by atoms with Crippen LogP contribution < -0.4 is 0 Å². The number of phosphoric ester groups is 1. The van der Waals surface area contributed by atoms with Gasteiger partial charge in [0.2, 0.25) is 0 Å². The zero-order valence-electron chi connectivity index (χ0n) is 34.4. The molecule has 4 N–H and O–H groups in total. The molecule has 0 aromatic rings. The molecular weight excluding hydrogens is 735 g/mol. The Morgan fingerprint density at radius 2 is 1.18 bits per heavy atom. The van der Waals surface area contributed by atoms with Gasteiger partial charge in [-0.2, -0.15) is 0 Å². The molecule has 0 aromatic heterocycles. The molecule has 0 aliphatic rings. The number of allylic oxidation sites excluding steroid dienone is 10. The molecule has 0 bridgehead atoms. The van der Waals surface area contributed by atoms with Crippen molar-refractivity contribution in [3.63, 3.8) is 0 Å².